The number of hydrogen-bond acceptors (Lipinski definition) is 7. The smallest absolute Gasteiger partial charge is 0.255 e. The zero-order valence-corrected chi connectivity index (χ0v) is 23.7. The van der Waals surface area contributed by atoms with Crippen molar-refractivity contribution in [1.82, 2.24) is 20.1 Å². The van der Waals surface area contributed by atoms with Gasteiger partial charge in [-0.25, -0.2) is 8.42 Å². The number of nitrogens with zero attached hydrogens (tertiary/aromatic N) is 3. The molecule has 3 aliphatic rings. The predicted octanol–water partition coefficient (Wildman–Crippen LogP) is 3.26. The highest BCUT2D eigenvalue weighted by Crippen LogP contribution is 2.31. The Morgan fingerprint density at radius 1 is 0.951 bits per heavy atom. The summed E-state index contributed by atoms with van der Waals surface area (Å²) in [6, 6.07) is 16.1. The van der Waals surface area contributed by atoms with Crippen LogP contribution in [0.2, 0.25) is 0 Å². The lowest BCUT2D eigenvalue weighted by atomic mass is 10.0. The van der Waals surface area contributed by atoms with E-state index in [-0.39, 0.29) is 23.5 Å². The van der Waals surface area contributed by atoms with Crippen molar-refractivity contribution in [2.75, 3.05) is 13.1 Å². The number of nitrogens with one attached hydrogen (secondary N) is 1. The molecule has 1 unspecified atom stereocenters. The van der Waals surface area contributed by atoms with Crippen molar-refractivity contribution in [1.29, 1.82) is 0 Å². The van der Waals surface area contributed by atoms with Gasteiger partial charge in [0.1, 0.15) is 6.04 Å². The van der Waals surface area contributed by atoms with Crippen LogP contribution in [0.4, 0.5) is 0 Å². The molecule has 1 N–H and O–H groups in total. The summed E-state index contributed by atoms with van der Waals surface area (Å²) in [5, 5.41) is 1.96. The number of pyridine rings is 1. The summed E-state index contributed by atoms with van der Waals surface area (Å²) < 4.78 is 26.2. The van der Waals surface area contributed by atoms with Gasteiger partial charge < -0.3 is 4.90 Å². The Morgan fingerprint density at radius 3 is 2.44 bits per heavy atom. The number of carbonyl (C=O) groups is 3. The first kappa shape index (κ1) is 27.3. The lowest BCUT2D eigenvalue weighted by Gasteiger charge is -2.31. The van der Waals surface area contributed by atoms with Gasteiger partial charge in [0.2, 0.25) is 11.8 Å². The van der Waals surface area contributed by atoms with Crippen molar-refractivity contribution in [3.8, 4) is 11.3 Å². The molecular weight excluding hydrogens is 540 g/mol. The monoisotopic (exact) mass is 572 g/mol. The number of aromatic nitrogens is 1. The van der Waals surface area contributed by atoms with E-state index in [0.29, 0.717) is 55.9 Å². The zero-order valence-electron chi connectivity index (χ0n) is 22.9. The Bertz CT molecular complexity index is 1630. The van der Waals surface area contributed by atoms with Gasteiger partial charge in [0.15, 0.2) is 9.84 Å². The quantitative estimate of drug-likeness (QED) is 0.451. The number of hydrogen-bond donors (Lipinski definition) is 1. The fraction of sp³-hybridized carbons (Fsp3) is 0.355. The second-order valence-corrected chi connectivity index (χ2v) is 13.4. The van der Waals surface area contributed by atoms with Crippen LogP contribution in [0.5, 0.6) is 0 Å². The van der Waals surface area contributed by atoms with Gasteiger partial charge in [-0.3, -0.25) is 29.6 Å². The highest BCUT2D eigenvalue weighted by Gasteiger charge is 2.39. The lowest BCUT2D eigenvalue weighted by molar-refractivity contribution is -0.136. The lowest BCUT2D eigenvalue weighted by Crippen LogP contribution is -2.52. The van der Waals surface area contributed by atoms with E-state index in [1.807, 2.05) is 43.3 Å². The third kappa shape index (κ3) is 5.41. The zero-order chi connectivity index (χ0) is 28.7. The van der Waals surface area contributed by atoms with E-state index in [1.54, 1.807) is 29.3 Å². The second-order valence-electron chi connectivity index (χ2n) is 11.2. The standard InChI is InChI=1S/C31H32N4O5S/c1-20-2-5-24(6-3-20)41(39,40)25-11-14-34(15-12-25)18-21-10-13-32-27(16-21)22-4-7-26-23(17-22)19-35(31(26)38)28-8-9-29(36)33-30(28)37/h2-7,10,13,16-17,25,28H,8-9,11-12,14-15,18-19H2,1H3,(H,33,36,37). The van der Waals surface area contributed by atoms with Gasteiger partial charge in [0.05, 0.1) is 15.8 Å². The van der Waals surface area contributed by atoms with Crippen LogP contribution >= 0.6 is 0 Å². The van der Waals surface area contributed by atoms with Crippen LogP contribution in [0, 0.1) is 6.92 Å². The number of sulfone groups is 1. The van der Waals surface area contributed by atoms with Crippen molar-refractivity contribution < 1.29 is 22.8 Å². The minimum Gasteiger partial charge on any atom is -0.322 e. The SMILES string of the molecule is Cc1ccc(S(=O)(=O)C2CCN(Cc3ccnc(-c4ccc5c(c4)CN(C4CCC(=O)NC4=O)C5=O)c3)CC2)cc1. The molecule has 0 aliphatic carbocycles. The fourth-order valence-corrected chi connectivity index (χ4v) is 7.75. The number of imide groups is 1. The molecule has 41 heavy (non-hydrogen) atoms. The molecule has 10 heteroatoms. The summed E-state index contributed by atoms with van der Waals surface area (Å²) in [6.07, 6.45) is 3.51. The summed E-state index contributed by atoms with van der Waals surface area (Å²) in [5.74, 6) is -0.926. The molecule has 1 aromatic heterocycles. The van der Waals surface area contributed by atoms with Crippen molar-refractivity contribution in [2.45, 2.75) is 61.9 Å². The van der Waals surface area contributed by atoms with Crippen LogP contribution in [0.15, 0.2) is 65.7 Å². The van der Waals surface area contributed by atoms with Crippen molar-refractivity contribution >= 4 is 27.6 Å². The first-order valence-corrected chi connectivity index (χ1v) is 15.5. The van der Waals surface area contributed by atoms with Gasteiger partial charge >= 0.3 is 0 Å². The van der Waals surface area contributed by atoms with E-state index in [1.165, 1.54) is 0 Å². The van der Waals surface area contributed by atoms with E-state index in [9.17, 15) is 22.8 Å². The summed E-state index contributed by atoms with van der Waals surface area (Å²) in [6.45, 7) is 4.35. The molecule has 9 nitrogen and oxygen atoms in total. The average molecular weight is 573 g/mol. The van der Waals surface area contributed by atoms with E-state index >= 15 is 0 Å². The summed E-state index contributed by atoms with van der Waals surface area (Å²) >= 11 is 0. The minimum atomic E-state index is -3.34. The highest BCUT2D eigenvalue weighted by atomic mass is 32.2. The Balaban J connectivity index is 1.11. The molecule has 6 rings (SSSR count). The van der Waals surface area contributed by atoms with E-state index in [0.717, 1.165) is 27.9 Å². The van der Waals surface area contributed by atoms with Crippen LogP contribution in [0.1, 0.15) is 52.7 Å². The Morgan fingerprint density at radius 2 is 1.71 bits per heavy atom. The van der Waals surface area contributed by atoms with Gasteiger partial charge in [-0.1, -0.05) is 23.8 Å². The first-order valence-electron chi connectivity index (χ1n) is 13.9. The van der Waals surface area contributed by atoms with Crippen LogP contribution in [-0.4, -0.2) is 65.3 Å². The van der Waals surface area contributed by atoms with Gasteiger partial charge in [-0.2, -0.15) is 0 Å². The van der Waals surface area contributed by atoms with Crippen molar-refractivity contribution in [2.24, 2.45) is 0 Å². The van der Waals surface area contributed by atoms with Crippen molar-refractivity contribution in [3.63, 3.8) is 0 Å². The van der Waals surface area contributed by atoms with E-state index in [4.69, 9.17) is 0 Å². The molecule has 0 bridgehead atoms. The van der Waals surface area contributed by atoms with E-state index < -0.39 is 21.8 Å². The maximum atomic E-state index is 13.1. The number of aryl methyl sites for hydroxylation is 1. The molecule has 0 spiro atoms. The first-order chi connectivity index (χ1) is 19.7. The number of amides is 3. The maximum Gasteiger partial charge on any atom is 0.255 e. The third-order valence-corrected chi connectivity index (χ3v) is 10.7. The van der Waals surface area contributed by atoms with Crippen molar-refractivity contribution in [3.05, 3.63) is 83.0 Å². The summed E-state index contributed by atoms with van der Waals surface area (Å²) in [7, 11) is -3.34. The van der Waals surface area contributed by atoms with E-state index in [2.05, 4.69) is 15.2 Å². The highest BCUT2D eigenvalue weighted by molar-refractivity contribution is 7.92. The molecule has 2 aromatic carbocycles. The minimum absolute atomic E-state index is 0.199. The van der Waals surface area contributed by atoms with Crippen LogP contribution in [-0.2, 0) is 32.5 Å². The number of benzene rings is 2. The topological polar surface area (TPSA) is 117 Å². The average Bonchev–Trinajstić information content (AvgIpc) is 3.29. The van der Waals surface area contributed by atoms with Gasteiger partial charge in [-0.05, 0) is 86.8 Å². The Hall–Kier alpha value is -3.89. The fourth-order valence-electron chi connectivity index (χ4n) is 6.02. The molecule has 3 amide bonds. The molecule has 2 saturated heterocycles. The summed E-state index contributed by atoms with van der Waals surface area (Å²) in [5.41, 5.74) is 5.19. The number of carbonyl (C=O) groups excluding carboxylic acids is 3. The van der Waals surface area contributed by atoms with Gasteiger partial charge in [0.25, 0.3) is 5.91 Å². The van der Waals surface area contributed by atoms with Gasteiger partial charge in [0, 0.05) is 36.8 Å². The number of likely N-dealkylation sites (tertiary alicyclic amines) is 1. The Kier molecular flexibility index (Phi) is 7.21. The molecular formula is C31H32N4O5S. The molecule has 2 fully saturated rings. The van der Waals surface area contributed by atoms with Gasteiger partial charge in [-0.15, -0.1) is 0 Å². The van der Waals surface area contributed by atoms with Crippen LogP contribution in [0.25, 0.3) is 11.3 Å². The molecule has 212 valence electrons. The van der Waals surface area contributed by atoms with Crippen LogP contribution in [0.3, 0.4) is 0 Å². The third-order valence-electron chi connectivity index (χ3n) is 8.37. The molecule has 3 aromatic rings. The molecule has 1 atom stereocenters. The number of piperidine rings is 2. The molecule has 4 heterocycles. The summed E-state index contributed by atoms with van der Waals surface area (Å²) in [4.78, 5) is 45.7. The normalized spacial score (nSPS) is 20.3. The largest absolute Gasteiger partial charge is 0.322 e. The predicted molar refractivity (Wildman–Crippen MR) is 152 cm³/mol. The number of fused-ring (bicyclic) bond motifs is 1. The maximum absolute atomic E-state index is 13.1. The second kappa shape index (κ2) is 10.8. The molecule has 0 saturated carbocycles. The molecule has 0 radical (unpaired) electrons. The molecule has 3 aliphatic heterocycles. The van der Waals surface area contributed by atoms with Crippen LogP contribution < -0.4 is 5.32 Å². The number of rotatable bonds is 6. The Labute approximate surface area is 239 Å².